The van der Waals surface area contributed by atoms with Gasteiger partial charge in [0.25, 0.3) is 0 Å². The standard InChI is InChI=1S/C83H60N2O/c1-53-43-63(61-22-15-21-60(48-61)59-20-14-19-58(47-59)55-17-6-5-7-18-55)49-64(44-53)65-45-54(2)46-69(50-65)85-79-29-12-9-24-73(79)74-41-35-62(51-80(74)85)56-31-36-66(37-32-56)84(68-40-42-72-71-23-8-11-28-77(71)83(3,4)78(72)52-68)67-38-33-57(34-39-67)70-26-16-27-76-75-25-10-13-30-81(75)86-82(70)76/h5-52H,1-4H3. The predicted molar refractivity (Wildman–Crippen MR) is 362 cm³/mol. The number of hydrogen-bond acceptors (Lipinski definition) is 2. The molecule has 0 unspecified atom stereocenters. The lowest BCUT2D eigenvalue weighted by Gasteiger charge is -2.28. The lowest BCUT2D eigenvalue weighted by Crippen LogP contribution is -2.16. The largest absolute Gasteiger partial charge is 0.455 e. The van der Waals surface area contributed by atoms with Crippen LogP contribution in [0.1, 0.15) is 36.1 Å². The Kier molecular flexibility index (Phi) is 12.0. The van der Waals surface area contributed by atoms with Crippen molar-refractivity contribution in [1.82, 2.24) is 4.57 Å². The van der Waals surface area contributed by atoms with Gasteiger partial charge < -0.3 is 13.9 Å². The first-order valence-corrected chi connectivity index (χ1v) is 29.9. The van der Waals surface area contributed by atoms with Gasteiger partial charge in [-0.25, -0.2) is 0 Å². The molecule has 3 nitrogen and oxygen atoms in total. The number of rotatable bonds is 10. The molecule has 0 bridgehead atoms. The van der Waals surface area contributed by atoms with E-state index in [4.69, 9.17) is 4.42 Å². The van der Waals surface area contributed by atoms with Crippen LogP contribution in [0.5, 0.6) is 0 Å². The number of fused-ring (bicyclic) bond motifs is 9. The number of furan rings is 1. The van der Waals surface area contributed by atoms with Crippen molar-refractivity contribution < 1.29 is 4.42 Å². The van der Waals surface area contributed by atoms with Crippen LogP contribution in [0, 0.1) is 13.8 Å². The lowest BCUT2D eigenvalue weighted by atomic mass is 9.82. The minimum Gasteiger partial charge on any atom is -0.455 e. The van der Waals surface area contributed by atoms with Gasteiger partial charge >= 0.3 is 0 Å². The molecule has 16 rings (SSSR count). The van der Waals surface area contributed by atoms with Gasteiger partial charge in [-0.15, -0.1) is 0 Å². The smallest absolute Gasteiger partial charge is 0.143 e. The number of aromatic nitrogens is 1. The molecule has 0 aliphatic heterocycles. The fraction of sp³-hybridized carbons (Fsp3) is 0.0602. The van der Waals surface area contributed by atoms with Crippen molar-refractivity contribution >= 4 is 60.8 Å². The Hall–Kier alpha value is -10.7. The van der Waals surface area contributed by atoms with Crippen LogP contribution in [0.15, 0.2) is 296 Å². The fourth-order valence-electron chi connectivity index (χ4n) is 13.8. The molecule has 0 saturated heterocycles. The molecule has 0 spiro atoms. The highest BCUT2D eigenvalue weighted by Gasteiger charge is 2.36. The number of benzene rings is 13. The number of nitrogens with zero attached hydrogens (tertiary/aromatic N) is 2. The summed E-state index contributed by atoms with van der Waals surface area (Å²) >= 11 is 0. The van der Waals surface area contributed by atoms with E-state index in [-0.39, 0.29) is 5.41 Å². The van der Waals surface area contributed by atoms with Crippen molar-refractivity contribution in [1.29, 1.82) is 0 Å². The second-order valence-corrected chi connectivity index (χ2v) is 23.9. The minimum atomic E-state index is -0.150. The Bertz CT molecular complexity index is 5150. The third kappa shape index (κ3) is 8.65. The summed E-state index contributed by atoms with van der Waals surface area (Å²) < 4.78 is 8.99. The number of anilines is 3. The summed E-state index contributed by atoms with van der Waals surface area (Å²) in [5.41, 5.74) is 30.3. The molecule has 15 aromatic rings. The summed E-state index contributed by atoms with van der Waals surface area (Å²) in [5.74, 6) is 0. The Labute approximate surface area is 502 Å². The van der Waals surface area contributed by atoms with Gasteiger partial charge in [-0.2, -0.15) is 0 Å². The quantitative estimate of drug-likeness (QED) is 0.136. The van der Waals surface area contributed by atoms with Crippen molar-refractivity contribution in [2.24, 2.45) is 0 Å². The first-order valence-electron chi connectivity index (χ1n) is 29.9. The fourth-order valence-corrected chi connectivity index (χ4v) is 13.8. The van der Waals surface area contributed by atoms with Gasteiger partial charge in [0.1, 0.15) is 11.2 Å². The van der Waals surface area contributed by atoms with Crippen LogP contribution in [0.25, 0.3) is 127 Å². The molecule has 2 heterocycles. The second kappa shape index (κ2) is 20.3. The summed E-state index contributed by atoms with van der Waals surface area (Å²) in [5, 5.41) is 4.72. The maximum Gasteiger partial charge on any atom is 0.143 e. The van der Waals surface area contributed by atoms with E-state index >= 15 is 0 Å². The zero-order valence-corrected chi connectivity index (χ0v) is 48.5. The van der Waals surface area contributed by atoms with Gasteiger partial charge in [0.05, 0.1) is 11.0 Å². The molecule has 1 aliphatic rings. The summed E-state index contributed by atoms with van der Waals surface area (Å²) in [4.78, 5) is 2.41. The third-order valence-electron chi connectivity index (χ3n) is 18.0. The molecule has 3 heteroatoms. The molecular weight excluding hydrogens is 1040 g/mol. The van der Waals surface area contributed by atoms with E-state index in [1.54, 1.807) is 0 Å². The van der Waals surface area contributed by atoms with Gasteiger partial charge in [0.15, 0.2) is 0 Å². The average Bonchev–Trinajstić information content (AvgIpc) is 2.15. The zero-order chi connectivity index (χ0) is 57.6. The molecule has 0 radical (unpaired) electrons. The maximum atomic E-state index is 6.52. The van der Waals surface area contributed by atoms with Gasteiger partial charge in [-0.1, -0.05) is 220 Å². The maximum absolute atomic E-state index is 6.52. The highest BCUT2D eigenvalue weighted by atomic mass is 16.3. The van der Waals surface area contributed by atoms with Gasteiger partial charge in [0, 0.05) is 55.3 Å². The first kappa shape index (κ1) is 50.9. The SMILES string of the molecule is Cc1cc(-c2cccc(-c3cccc(-c4ccccc4)c3)c2)cc(-c2cc(C)cc(-n3c4ccccc4c4ccc(-c5ccc(N(c6ccc(-c7cccc8c7oc7ccccc78)cc6)c6ccc7c(c6)C(C)(C)c6ccccc6-7)cc5)cc43)c2)c1. The summed E-state index contributed by atoms with van der Waals surface area (Å²) in [7, 11) is 0. The Morgan fingerprint density at radius 1 is 0.302 bits per heavy atom. The van der Waals surface area contributed by atoms with Gasteiger partial charge in [-0.3, -0.25) is 0 Å². The molecular formula is C83H60N2O. The normalized spacial score (nSPS) is 12.5. The molecule has 0 saturated carbocycles. The van der Waals surface area contributed by atoms with E-state index in [1.807, 2.05) is 6.07 Å². The summed E-state index contributed by atoms with van der Waals surface area (Å²) in [6, 6.07) is 107. The van der Waals surface area contributed by atoms with E-state index in [1.165, 1.54) is 99.7 Å². The Balaban J connectivity index is 0.759. The topological polar surface area (TPSA) is 21.3 Å². The molecule has 13 aromatic carbocycles. The van der Waals surface area contributed by atoms with Crippen LogP contribution in [-0.2, 0) is 5.41 Å². The number of aryl methyl sites for hydroxylation is 2. The van der Waals surface area contributed by atoms with Crippen molar-refractivity contribution in [3.05, 3.63) is 313 Å². The van der Waals surface area contributed by atoms with Crippen LogP contribution >= 0.6 is 0 Å². The first-order chi connectivity index (χ1) is 42.2. The van der Waals surface area contributed by atoms with E-state index in [0.29, 0.717) is 0 Å². The Morgan fingerprint density at radius 2 is 0.791 bits per heavy atom. The third-order valence-corrected chi connectivity index (χ3v) is 18.0. The van der Waals surface area contributed by atoms with E-state index < -0.39 is 0 Å². The van der Waals surface area contributed by atoms with Crippen LogP contribution in [0.3, 0.4) is 0 Å². The predicted octanol–water partition coefficient (Wildman–Crippen LogP) is 23.1. The molecule has 86 heavy (non-hydrogen) atoms. The molecule has 1 aliphatic carbocycles. The summed E-state index contributed by atoms with van der Waals surface area (Å²) in [6.07, 6.45) is 0. The van der Waals surface area contributed by atoms with Crippen molar-refractivity contribution in [2.75, 3.05) is 4.90 Å². The molecule has 0 fully saturated rings. The van der Waals surface area contributed by atoms with Gasteiger partial charge in [-0.05, 0) is 193 Å². The van der Waals surface area contributed by atoms with Crippen LogP contribution in [-0.4, -0.2) is 4.57 Å². The van der Waals surface area contributed by atoms with E-state index in [9.17, 15) is 0 Å². The molecule has 0 atom stereocenters. The highest BCUT2D eigenvalue weighted by molar-refractivity contribution is 6.11. The van der Waals surface area contributed by atoms with Crippen LogP contribution < -0.4 is 4.90 Å². The van der Waals surface area contributed by atoms with Gasteiger partial charge in [0.2, 0.25) is 0 Å². The average molecular weight is 1100 g/mol. The highest BCUT2D eigenvalue weighted by Crippen LogP contribution is 2.51. The monoisotopic (exact) mass is 1100 g/mol. The summed E-state index contributed by atoms with van der Waals surface area (Å²) in [6.45, 7) is 9.15. The van der Waals surface area contributed by atoms with Crippen molar-refractivity contribution in [3.63, 3.8) is 0 Å². The number of para-hydroxylation sites is 3. The van der Waals surface area contributed by atoms with Crippen LogP contribution in [0.2, 0.25) is 0 Å². The van der Waals surface area contributed by atoms with E-state index in [2.05, 4.69) is 322 Å². The van der Waals surface area contributed by atoms with E-state index in [0.717, 1.165) is 66.9 Å². The minimum absolute atomic E-state index is 0.150. The zero-order valence-electron chi connectivity index (χ0n) is 48.5. The van der Waals surface area contributed by atoms with Crippen molar-refractivity contribution in [3.8, 4) is 83.6 Å². The van der Waals surface area contributed by atoms with Crippen molar-refractivity contribution in [2.45, 2.75) is 33.1 Å². The second-order valence-electron chi connectivity index (χ2n) is 23.9. The molecule has 2 aromatic heterocycles. The Morgan fingerprint density at radius 3 is 1.55 bits per heavy atom. The lowest BCUT2D eigenvalue weighted by molar-refractivity contribution is 0.660. The number of hydrogen-bond donors (Lipinski definition) is 0. The molecule has 0 amide bonds. The molecule has 0 N–H and O–H groups in total. The molecule has 408 valence electrons. The van der Waals surface area contributed by atoms with Crippen LogP contribution in [0.4, 0.5) is 17.1 Å².